The van der Waals surface area contributed by atoms with Crippen molar-refractivity contribution in [2.45, 2.75) is 19.0 Å². The molecule has 0 spiro atoms. The number of rotatable bonds is 2. The van der Waals surface area contributed by atoms with Gasteiger partial charge in [-0.15, -0.1) is 0 Å². The van der Waals surface area contributed by atoms with Crippen LogP contribution in [-0.2, 0) is 12.6 Å². The van der Waals surface area contributed by atoms with Gasteiger partial charge in [-0.05, 0) is 6.07 Å². The molecule has 0 fully saturated rings. The number of nitrogens with zero attached hydrogens (tertiary/aromatic N) is 2. The minimum atomic E-state index is -4.95. The highest BCUT2D eigenvalue weighted by Crippen LogP contribution is 2.36. The molecule has 8 heteroatoms. The van der Waals surface area contributed by atoms with E-state index in [-0.39, 0.29) is 0 Å². The van der Waals surface area contributed by atoms with Crippen molar-refractivity contribution < 1.29 is 27.1 Å². The summed E-state index contributed by atoms with van der Waals surface area (Å²) in [4.78, 5) is 2.69. The second-order valence-electron chi connectivity index (χ2n) is 3.03. The average molecular weight is 252 g/mol. The zero-order chi connectivity index (χ0) is 13.2. The Morgan fingerprint density at radius 3 is 2.41 bits per heavy atom. The van der Waals surface area contributed by atoms with Crippen LogP contribution < -0.4 is 0 Å². The number of aromatic nitrogens is 1. The minimum absolute atomic E-state index is 0.487. The number of aromatic hydroxyl groups is 1. The van der Waals surface area contributed by atoms with Crippen molar-refractivity contribution in [3.05, 3.63) is 23.0 Å². The highest BCUT2D eigenvalue weighted by molar-refractivity contribution is 5.37. The van der Waals surface area contributed by atoms with Crippen LogP contribution in [0.3, 0.4) is 0 Å². The first-order chi connectivity index (χ1) is 7.77. The van der Waals surface area contributed by atoms with Crippen LogP contribution in [0.1, 0.15) is 23.4 Å². The molecule has 0 aliphatic heterocycles. The summed E-state index contributed by atoms with van der Waals surface area (Å²) >= 11 is 0. The van der Waals surface area contributed by atoms with Crippen molar-refractivity contribution >= 4 is 0 Å². The lowest BCUT2D eigenvalue weighted by atomic mass is 10.1. The third-order valence-electron chi connectivity index (χ3n) is 1.85. The van der Waals surface area contributed by atoms with E-state index < -0.39 is 41.7 Å². The van der Waals surface area contributed by atoms with E-state index in [2.05, 4.69) is 4.98 Å². The molecule has 0 aliphatic carbocycles. The monoisotopic (exact) mass is 252 g/mol. The van der Waals surface area contributed by atoms with Crippen molar-refractivity contribution in [1.29, 1.82) is 5.26 Å². The Labute approximate surface area is 92.1 Å². The SMILES string of the molecule is N#CCc1cc(O)c(C(F)F)nc1C(F)(F)F. The predicted molar refractivity (Wildman–Crippen MR) is 45.2 cm³/mol. The Bertz CT molecular complexity index is 464. The molecule has 0 unspecified atom stereocenters. The smallest absolute Gasteiger partial charge is 0.433 e. The van der Waals surface area contributed by atoms with Gasteiger partial charge < -0.3 is 5.11 Å². The van der Waals surface area contributed by atoms with Crippen LogP contribution in [-0.4, -0.2) is 10.1 Å². The standard InChI is InChI=1S/C9H5F5N2O/c10-8(11)6-5(17)3-4(1-2-15)7(16-6)9(12,13)14/h3,8,17H,1H2. The first kappa shape index (κ1) is 13.2. The van der Waals surface area contributed by atoms with Gasteiger partial charge >= 0.3 is 6.18 Å². The first-order valence-electron chi connectivity index (χ1n) is 4.22. The summed E-state index contributed by atoms with van der Waals surface area (Å²) < 4.78 is 61.9. The lowest BCUT2D eigenvalue weighted by Crippen LogP contribution is -2.13. The summed E-state index contributed by atoms with van der Waals surface area (Å²) in [5, 5.41) is 17.4. The molecule has 0 radical (unpaired) electrons. The molecule has 92 valence electrons. The Balaban J connectivity index is 3.43. The molecular weight excluding hydrogens is 247 g/mol. The molecule has 1 rings (SSSR count). The second-order valence-corrected chi connectivity index (χ2v) is 3.03. The predicted octanol–water partition coefficient (Wildman–Crippen LogP) is 2.81. The molecular formula is C9H5F5N2O. The molecule has 0 saturated heterocycles. The Morgan fingerprint density at radius 1 is 1.41 bits per heavy atom. The molecule has 0 saturated carbocycles. The number of hydrogen-bond donors (Lipinski definition) is 1. The van der Waals surface area contributed by atoms with Gasteiger partial charge in [-0.2, -0.15) is 18.4 Å². The number of alkyl halides is 5. The van der Waals surface area contributed by atoms with E-state index in [1.165, 1.54) is 6.07 Å². The van der Waals surface area contributed by atoms with Gasteiger partial charge in [0.1, 0.15) is 17.1 Å². The zero-order valence-corrected chi connectivity index (χ0v) is 8.09. The third-order valence-corrected chi connectivity index (χ3v) is 1.85. The van der Waals surface area contributed by atoms with Gasteiger partial charge in [0.15, 0.2) is 0 Å². The maximum atomic E-state index is 12.4. The van der Waals surface area contributed by atoms with E-state index in [0.29, 0.717) is 6.07 Å². The van der Waals surface area contributed by atoms with Crippen molar-refractivity contribution in [3.63, 3.8) is 0 Å². The Morgan fingerprint density at radius 2 is 2.00 bits per heavy atom. The third kappa shape index (κ3) is 2.81. The lowest BCUT2D eigenvalue weighted by Gasteiger charge is -2.12. The molecule has 0 aromatic carbocycles. The van der Waals surface area contributed by atoms with E-state index >= 15 is 0 Å². The number of hydrogen-bond acceptors (Lipinski definition) is 3. The molecule has 0 bridgehead atoms. The molecule has 1 N–H and O–H groups in total. The average Bonchev–Trinajstić information content (AvgIpc) is 2.15. The fourth-order valence-corrected chi connectivity index (χ4v) is 1.18. The maximum absolute atomic E-state index is 12.4. The summed E-state index contributed by atoms with van der Waals surface area (Å²) in [6.45, 7) is 0. The normalized spacial score (nSPS) is 11.6. The van der Waals surface area contributed by atoms with Gasteiger partial charge in [0.25, 0.3) is 6.43 Å². The molecule has 1 aromatic rings. The largest absolute Gasteiger partial charge is 0.506 e. The van der Waals surface area contributed by atoms with Crippen LogP contribution in [0.25, 0.3) is 0 Å². The summed E-state index contributed by atoms with van der Waals surface area (Å²) in [6.07, 6.45) is -8.96. The summed E-state index contributed by atoms with van der Waals surface area (Å²) in [6, 6.07) is 1.92. The van der Waals surface area contributed by atoms with Crippen LogP contribution in [0, 0.1) is 11.3 Å². The van der Waals surface area contributed by atoms with Crippen LogP contribution >= 0.6 is 0 Å². The molecule has 17 heavy (non-hydrogen) atoms. The first-order valence-corrected chi connectivity index (χ1v) is 4.22. The van der Waals surface area contributed by atoms with Crippen molar-refractivity contribution in [2.75, 3.05) is 0 Å². The molecule has 0 aliphatic rings. The molecule has 1 heterocycles. The fourth-order valence-electron chi connectivity index (χ4n) is 1.18. The Hall–Kier alpha value is -1.91. The van der Waals surface area contributed by atoms with E-state index in [1.54, 1.807) is 0 Å². The number of nitriles is 1. The molecule has 0 amide bonds. The van der Waals surface area contributed by atoms with Gasteiger partial charge in [0.2, 0.25) is 0 Å². The van der Waals surface area contributed by atoms with Gasteiger partial charge in [0.05, 0.1) is 12.5 Å². The van der Waals surface area contributed by atoms with E-state index in [9.17, 15) is 22.0 Å². The minimum Gasteiger partial charge on any atom is -0.506 e. The molecule has 1 aromatic heterocycles. The van der Waals surface area contributed by atoms with E-state index in [1.807, 2.05) is 0 Å². The summed E-state index contributed by atoms with van der Waals surface area (Å²) in [5.41, 5.74) is -3.56. The highest BCUT2D eigenvalue weighted by atomic mass is 19.4. The summed E-state index contributed by atoms with van der Waals surface area (Å²) in [5.74, 6) is -1.06. The van der Waals surface area contributed by atoms with Crippen LogP contribution in [0.5, 0.6) is 5.75 Å². The van der Waals surface area contributed by atoms with Crippen LogP contribution in [0.4, 0.5) is 22.0 Å². The number of pyridine rings is 1. The van der Waals surface area contributed by atoms with Gasteiger partial charge in [-0.3, -0.25) is 0 Å². The number of halogens is 5. The zero-order valence-electron chi connectivity index (χ0n) is 8.09. The highest BCUT2D eigenvalue weighted by Gasteiger charge is 2.37. The maximum Gasteiger partial charge on any atom is 0.433 e. The quantitative estimate of drug-likeness (QED) is 0.823. The van der Waals surface area contributed by atoms with Crippen molar-refractivity contribution in [3.8, 4) is 11.8 Å². The van der Waals surface area contributed by atoms with Crippen LogP contribution in [0.2, 0.25) is 0 Å². The van der Waals surface area contributed by atoms with Gasteiger partial charge in [-0.1, -0.05) is 0 Å². The van der Waals surface area contributed by atoms with Gasteiger partial charge in [-0.25, -0.2) is 13.8 Å². The van der Waals surface area contributed by atoms with Crippen molar-refractivity contribution in [2.24, 2.45) is 0 Å². The van der Waals surface area contributed by atoms with E-state index in [0.717, 1.165) is 0 Å². The summed E-state index contributed by atoms with van der Waals surface area (Å²) in [7, 11) is 0. The molecule has 0 atom stereocenters. The van der Waals surface area contributed by atoms with Crippen molar-refractivity contribution in [1.82, 2.24) is 4.98 Å². The Kier molecular flexibility index (Phi) is 3.50. The van der Waals surface area contributed by atoms with Gasteiger partial charge in [0, 0.05) is 5.56 Å². The lowest BCUT2D eigenvalue weighted by molar-refractivity contribution is -0.142. The van der Waals surface area contributed by atoms with E-state index in [4.69, 9.17) is 10.4 Å². The van der Waals surface area contributed by atoms with Crippen LogP contribution in [0.15, 0.2) is 6.07 Å². The topological polar surface area (TPSA) is 56.9 Å². The fraction of sp³-hybridized carbons (Fsp3) is 0.333. The molecule has 3 nitrogen and oxygen atoms in total. The second kappa shape index (κ2) is 4.53.